The first kappa shape index (κ1) is 15.2. The second kappa shape index (κ2) is 4.66. The fourth-order valence-corrected chi connectivity index (χ4v) is 2.40. The van der Waals surface area contributed by atoms with Gasteiger partial charge in [0.05, 0.1) is 5.69 Å². The summed E-state index contributed by atoms with van der Waals surface area (Å²) in [5.74, 6) is 0.808. The number of hydrogen-bond acceptors (Lipinski definition) is 3. The average Bonchev–Trinajstić information content (AvgIpc) is 2.24. The van der Waals surface area contributed by atoms with Crippen LogP contribution in [-0.2, 0) is 10.8 Å². The Hall–Kier alpha value is -1.22. The highest BCUT2D eigenvalue weighted by Crippen LogP contribution is 2.33. The molecule has 2 aromatic rings. The van der Waals surface area contributed by atoms with Gasteiger partial charge in [-0.15, -0.1) is 0 Å². The van der Waals surface area contributed by atoms with Crippen molar-refractivity contribution in [1.29, 1.82) is 0 Å². The molecule has 0 aliphatic heterocycles. The quantitative estimate of drug-likeness (QED) is 0.667. The second-order valence-electron chi connectivity index (χ2n) is 7.35. The zero-order valence-corrected chi connectivity index (χ0v) is 14.1. The van der Waals surface area contributed by atoms with Crippen LogP contribution in [0, 0.1) is 6.92 Å². The molecule has 2 aromatic heterocycles. The van der Waals surface area contributed by atoms with Crippen LogP contribution in [0.15, 0.2) is 6.07 Å². The molecule has 0 bridgehead atoms. The maximum absolute atomic E-state index is 6.31. The lowest BCUT2D eigenvalue weighted by atomic mass is 9.88. The fourth-order valence-electron chi connectivity index (χ4n) is 2.12. The number of rotatable bonds is 0. The third-order valence-corrected chi connectivity index (χ3v) is 3.41. The maximum Gasteiger partial charge on any atom is 0.155 e. The standard InChI is InChI=1S/C16H22ClN3/c1-9-8-10-11(13(17)18-9)19-14(16(5,6)7)20-12(10)15(2,3)4/h8H,1-7H3. The van der Waals surface area contributed by atoms with Gasteiger partial charge in [0.1, 0.15) is 11.3 Å². The van der Waals surface area contributed by atoms with Crippen molar-refractivity contribution in [2.24, 2.45) is 0 Å². The van der Waals surface area contributed by atoms with Gasteiger partial charge in [0.2, 0.25) is 0 Å². The number of pyridine rings is 1. The van der Waals surface area contributed by atoms with Gasteiger partial charge < -0.3 is 0 Å². The van der Waals surface area contributed by atoms with Crippen LogP contribution in [0.1, 0.15) is 58.8 Å². The molecule has 0 aliphatic rings. The summed E-state index contributed by atoms with van der Waals surface area (Å²) < 4.78 is 0. The fraction of sp³-hybridized carbons (Fsp3) is 0.562. The zero-order chi connectivity index (χ0) is 15.3. The van der Waals surface area contributed by atoms with E-state index in [1.807, 2.05) is 13.0 Å². The molecule has 4 heteroatoms. The van der Waals surface area contributed by atoms with Crippen molar-refractivity contribution in [1.82, 2.24) is 15.0 Å². The van der Waals surface area contributed by atoms with Crippen molar-refractivity contribution in [3.05, 3.63) is 28.4 Å². The van der Waals surface area contributed by atoms with E-state index in [2.05, 4.69) is 51.5 Å². The molecule has 0 atom stereocenters. The van der Waals surface area contributed by atoms with Crippen LogP contribution in [0.4, 0.5) is 0 Å². The minimum absolute atomic E-state index is 0.0711. The van der Waals surface area contributed by atoms with E-state index in [0.717, 1.165) is 28.1 Å². The number of halogens is 1. The van der Waals surface area contributed by atoms with Crippen molar-refractivity contribution in [2.75, 3.05) is 0 Å². The average molecular weight is 292 g/mol. The van der Waals surface area contributed by atoms with Crippen LogP contribution < -0.4 is 0 Å². The summed E-state index contributed by atoms with van der Waals surface area (Å²) in [7, 11) is 0. The van der Waals surface area contributed by atoms with Gasteiger partial charge in [0.15, 0.2) is 5.15 Å². The second-order valence-corrected chi connectivity index (χ2v) is 7.70. The normalized spacial score (nSPS) is 13.0. The smallest absolute Gasteiger partial charge is 0.155 e. The number of nitrogens with zero attached hydrogens (tertiary/aromatic N) is 3. The summed E-state index contributed by atoms with van der Waals surface area (Å²) in [5, 5.41) is 1.46. The molecule has 108 valence electrons. The molecule has 0 fully saturated rings. The predicted octanol–water partition coefficient (Wildman–Crippen LogP) is 4.58. The predicted molar refractivity (Wildman–Crippen MR) is 84.5 cm³/mol. The minimum Gasteiger partial charge on any atom is -0.239 e. The van der Waals surface area contributed by atoms with Gasteiger partial charge in [-0.05, 0) is 13.0 Å². The highest BCUT2D eigenvalue weighted by Gasteiger charge is 2.26. The molecule has 0 saturated heterocycles. The highest BCUT2D eigenvalue weighted by molar-refractivity contribution is 6.33. The van der Waals surface area contributed by atoms with Gasteiger partial charge in [-0.3, -0.25) is 0 Å². The third-order valence-electron chi connectivity index (χ3n) is 3.15. The molecule has 0 saturated carbocycles. The van der Waals surface area contributed by atoms with Crippen molar-refractivity contribution >= 4 is 22.5 Å². The molecule has 0 spiro atoms. The zero-order valence-electron chi connectivity index (χ0n) is 13.3. The van der Waals surface area contributed by atoms with Crippen LogP contribution in [0.2, 0.25) is 5.15 Å². The molecule has 0 unspecified atom stereocenters. The SMILES string of the molecule is Cc1cc2c(C(C)(C)C)nc(C(C)(C)C)nc2c(Cl)n1. The largest absolute Gasteiger partial charge is 0.239 e. The van der Waals surface area contributed by atoms with Gasteiger partial charge in [-0.1, -0.05) is 53.1 Å². The summed E-state index contributed by atoms with van der Waals surface area (Å²) in [6.45, 7) is 14.7. The van der Waals surface area contributed by atoms with Crippen molar-refractivity contribution < 1.29 is 0 Å². The van der Waals surface area contributed by atoms with Gasteiger partial charge in [-0.25, -0.2) is 15.0 Å². The van der Waals surface area contributed by atoms with E-state index in [0.29, 0.717) is 5.15 Å². The van der Waals surface area contributed by atoms with Crippen LogP contribution in [0.25, 0.3) is 10.9 Å². The molecule has 20 heavy (non-hydrogen) atoms. The Kier molecular flexibility index (Phi) is 3.53. The maximum atomic E-state index is 6.31. The third kappa shape index (κ3) is 2.78. The van der Waals surface area contributed by atoms with E-state index < -0.39 is 0 Å². The summed E-state index contributed by atoms with van der Waals surface area (Å²) in [6.07, 6.45) is 0. The number of hydrogen-bond donors (Lipinski definition) is 0. The Bertz CT molecular complexity index is 664. The molecule has 2 heterocycles. The van der Waals surface area contributed by atoms with Gasteiger partial charge in [0, 0.05) is 21.9 Å². The first-order chi connectivity index (χ1) is 9.00. The Morgan fingerprint density at radius 1 is 0.900 bits per heavy atom. The lowest BCUT2D eigenvalue weighted by Crippen LogP contribution is -2.22. The van der Waals surface area contributed by atoms with Crippen LogP contribution >= 0.6 is 11.6 Å². The lowest BCUT2D eigenvalue weighted by Gasteiger charge is -2.24. The summed E-state index contributed by atoms with van der Waals surface area (Å²) >= 11 is 6.31. The topological polar surface area (TPSA) is 38.7 Å². The highest BCUT2D eigenvalue weighted by atomic mass is 35.5. The van der Waals surface area contributed by atoms with E-state index in [1.54, 1.807) is 0 Å². The van der Waals surface area contributed by atoms with E-state index in [4.69, 9.17) is 16.6 Å². The minimum atomic E-state index is -0.123. The first-order valence-corrected chi connectivity index (χ1v) is 7.24. The van der Waals surface area contributed by atoms with Crippen LogP contribution in [0.5, 0.6) is 0 Å². The molecular weight excluding hydrogens is 270 g/mol. The monoisotopic (exact) mass is 291 g/mol. The summed E-state index contributed by atoms with van der Waals surface area (Å²) in [4.78, 5) is 13.8. The van der Waals surface area contributed by atoms with Crippen LogP contribution in [-0.4, -0.2) is 15.0 Å². The lowest BCUT2D eigenvalue weighted by molar-refractivity contribution is 0.520. The summed E-state index contributed by atoms with van der Waals surface area (Å²) in [6, 6.07) is 2.02. The number of fused-ring (bicyclic) bond motifs is 1. The molecule has 0 aliphatic carbocycles. The Morgan fingerprint density at radius 3 is 2.00 bits per heavy atom. The number of aryl methyl sites for hydroxylation is 1. The molecule has 0 aromatic carbocycles. The Morgan fingerprint density at radius 2 is 1.50 bits per heavy atom. The van der Waals surface area contributed by atoms with E-state index in [1.165, 1.54) is 0 Å². The molecule has 0 N–H and O–H groups in total. The molecule has 0 radical (unpaired) electrons. The van der Waals surface area contributed by atoms with Gasteiger partial charge >= 0.3 is 0 Å². The molecule has 3 nitrogen and oxygen atoms in total. The first-order valence-electron chi connectivity index (χ1n) is 6.86. The van der Waals surface area contributed by atoms with Crippen molar-refractivity contribution in [2.45, 2.75) is 59.3 Å². The summed E-state index contributed by atoms with van der Waals surface area (Å²) in [5.41, 5.74) is 2.47. The van der Waals surface area contributed by atoms with Crippen LogP contribution in [0.3, 0.4) is 0 Å². The van der Waals surface area contributed by atoms with Crippen molar-refractivity contribution in [3.8, 4) is 0 Å². The van der Waals surface area contributed by atoms with E-state index in [9.17, 15) is 0 Å². The van der Waals surface area contributed by atoms with Gasteiger partial charge in [-0.2, -0.15) is 0 Å². The van der Waals surface area contributed by atoms with E-state index in [-0.39, 0.29) is 10.8 Å². The molecule has 2 rings (SSSR count). The Balaban J connectivity index is 2.93. The molecular formula is C16H22ClN3. The molecule has 0 amide bonds. The van der Waals surface area contributed by atoms with Gasteiger partial charge in [0.25, 0.3) is 0 Å². The number of aromatic nitrogens is 3. The Labute approximate surface area is 125 Å². The van der Waals surface area contributed by atoms with Crippen molar-refractivity contribution in [3.63, 3.8) is 0 Å². The van der Waals surface area contributed by atoms with E-state index >= 15 is 0 Å².